The monoisotopic (exact) mass is 349 g/mol. The number of hydrogen-bond acceptors (Lipinski definition) is 6. The van der Waals surface area contributed by atoms with Crippen molar-refractivity contribution in [3.05, 3.63) is 48.3 Å². The van der Waals surface area contributed by atoms with Gasteiger partial charge in [-0.15, -0.1) is 11.8 Å². The summed E-state index contributed by atoms with van der Waals surface area (Å²) >= 11 is 1.51. The lowest BCUT2D eigenvalue weighted by atomic mass is 10.2. The summed E-state index contributed by atoms with van der Waals surface area (Å²) in [6, 6.07) is 4.39. The first-order valence-electron chi connectivity index (χ1n) is 7.74. The lowest BCUT2D eigenvalue weighted by Crippen LogP contribution is -2.44. The zero-order valence-electron chi connectivity index (χ0n) is 13.5. The van der Waals surface area contributed by atoms with Crippen molar-refractivity contribution in [2.75, 3.05) is 12.4 Å². The summed E-state index contributed by atoms with van der Waals surface area (Å²) in [5.74, 6) is 0.193. The molecule has 0 bridgehead atoms. The van der Waals surface area contributed by atoms with Crippen molar-refractivity contribution in [3.8, 4) is 0 Å². The van der Waals surface area contributed by atoms with Crippen LogP contribution >= 0.6 is 11.8 Å². The first-order valence-corrected chi connectivity index (χ1v) is 8.79. The molecule has 1 aliphatic heterocycles. The molecule has 0 aliphatic carbocycles. The van der Waals surface area contributed by atoms with Gasteiger partial charge in [-0.25, -0.2) is 4.79 Å². The molecule has 2 atom stereocenters. The highest BCUT2D eigenvalue weighted by Crippen LogP contribution is 2.42. The maximum atomic E-state index is 12.8. The summed E-state index contributed by atoms with van der Waals surface area (Å²) < 4.78 is 15.7. The number of nitrogens with zero attached hydrogens (tertiary/aromatic N) is 1. The molecule has 1 aliphatic rings. The Morgan fingerprint density at radius 2 is 2.21 bits per heavy atom. The fourth-order valence-electron chi connectivity index (χ4n) is 2.48. The molecular weight excluding hydrogens is 330 g/mol. The molecule has 0 N–H and O–H groups in total. The lowest BCUT2D eigenvalue weighted by molar-refractivity contribution is -0.149. The second kappa shape index (κ2) is 7.17. The van der Waals surface area contributed by atoms with E-state index in [2.05, 4.69) is 0 Å². The third kappa shape index (κ3) is 3.36. The van der Waals surface area contributed by atoms with Crippen molar-refractivity contribution >= 4 is 23.6 Å². The van der Waals surface area contributed by atoms with E-state index in [1.54, 1.807) is 30.7 Å². The van der Waals surface area contributed by atoms with Gasteiger partial charge in [0.2, 0.25) is 0 Å². The van der Waals surface area contributed by atoms with Crippen molar-refractivity contribution in [1.29, 1.82) is 0 Å². The van der Waals surface area contributed by atoms with Crippen LogP contribution in [0.4, 0.5) is 0 Å². The SMILES string of the molecule is CC(C)COC(=O)C1CSC(c2ccoc2)N1C(=O)c1ccco1. The molecule has 7 heteroatoms. The van der Waals surface area contributed by atoms with Crippen LogP contribution in [0.5, 0.6) is 0 Å². The molecule has 2 unspecified atom stereocenters. The Labute approximate surface area is 144 Å². The van der Waals surface area contributed by atoms with Crippen molar-refractivity contribution in [3.63, 3.8) is 0 Å². The summed E-state index contributed by atoms with van der Waals surface area (Å²) in [5.41, 5.74) is 0.832. The third-order valence-electron chi connectivity index (χ3n) is 3.63. The largest absolute Gasteiger partial charge is 0.472 e. The van der Waals surface area contributed by atoms with Crippen LogP contribution in [0.25, 0.3) is 0 Å². The topological polar surface area (TPSA) is 72.9 Å². The highest BCUT2D eigenvalue weighted by atomic mass is 32.2. The van der Waals surface area contributed by atoms with Crippen LogP contribution in [0.1, 0.15) is 35.3 Å². The van der Waals surface area contributed by atoms with Gasteiger partial charge in [0.25, 0.3) is 5.91 Å². The molecule has 3 heterocycles. The van der Waals surface area contributed by atoms with E-state index in [1.807, 2.05) is 13.8 Å². The highest BCUT2D eigenvalue weighted by Gasteiger charge is 2.44. The molecule has 2 aromatic heterocycles. The minimum atomic E-state index is -0.647. The van der Waals surface area contributed by atoms with Crippen molar-refractivity contribution in [2.24, 2.45) is 5.92 Å². The van der Waals surface area contributed by atoms with Crippen LogP contribution in [0, 0.1) is 5.92 Å². The molecule has 6 nitrogen and oxygen atoms in total. The lowest BCUT2D eigenvalue weighted by Gasteiger charge is -2.27. The Balaban J connectivity index is 1.85. The van der Waals surface area contributed by atoms with Crippen LogP contribution in [-0.4, -0.2) is 35.2 Å². The summed E-state index contributed by atoms with van der Waals surface area (Å²) in [6.45, 7) is 4.27. The van der Waals surface area contributed by atoms with E-state index in [1.165, 1.54) is 22.9 Å². The van der Waals surface area contributed by atoms with Crippen LogP contribution in [0.15, 0.2) is 45.8 Å². The number of esters is 1. The standard InChI is InChI=1S/C17H19NO5S/c1-11(2)8-23-17(20)13-10-24-16(12-5-7-21-9-12)18(13)15(19)14-4-3-6-22-14/h3-7,9,11,13,16H,8,10H2,1-2H3. The number of ether oxygens (including phenoxy) is 1. The van der Waals surface area contributed by atoms with Gasteiger partial charge in [0.15, 0.2) is 5.76 Å². The Morgan fingerprint density at radius 1 is 1.38 bits per heavy atom. The zero-order valence-corrected chi connectivity index (χ0v) is 14.3. The number of hydrogen-bond donors (Lipinski definition) is 0. The molecule has 24 heavy (non-hydrogen) atoms. The van der Waals surface area contributed by atoms with Gasteiger partial charge in [0, 0.05) is 11.3 Å². The maximum Gasteiger partial charge on any atom is 0.329 e. The summed E-state index contributed by atoms with van der Waals surface area (Å²) in [5, 5.41) is -0.307. The molecular formula is C17H19NO5S. The molecule has 128 valence electrons. The van der Waals surface area contributed by atoms with Crippen LogP contribution < -0.4 is 0 Å². The normalized spacial score (nSPS) is 20.5. The van der Waals surface area contributed by atoms with E-state index in [-0.39, 0.29) is 28.9 Å². The van der Waals surface area contributed by atoms with Gasteiger partial charge in [-0.05, 0) is 24.1 Å². The summed E-state index contributed by atoms with van der Waals surface area (Å²) in [4.78, 5) is 26.8. The number of thioether (sulfide) groups is 1. The van der Waals surface area contributed by atoms with Gasteiger partial charge in [-0.1, -0.05) is 13.8 Å². The quantitative estimate of drug-likeness (QED) is 0.771. The van der Waals surface area contributed by atoms with E-state index >= 15 is 0 Å². The highest BCUT2D eigenvalue weighted by molar-refractivity contribution is 7.99. The van der Waals surface area contributed by atoms with Crippen molar-refractivity contribution in [2.45, 2.75) is 25.3 Å². The Kier molecular flexibility index (Phi) is 4.99. The second-order valence-electron chi connectivity index (χ2n) is 5.97. The molecule has 1 fully saturated rings. The molecule has 0 radical (unpaired) electrons. The van der Waals surface area contributed by atoms with Gasteiger partial charge in [0.05, 0.1) is 25.4 Å². The van der Waals surface area contributed by atoms with E-state index in [0.717, 1.165) is 5.56 Å². The zero-order chi connectivity index (χ0) is 17.1. The van der Waals surface area contributed by atoms with Crippen LogP contribution in [0.3, 0.4) is 0 Å². The van der Waals surface area contributed by atoms with E-state index in [0.29, 0.717) is 12.4 Å². The molecule has 2 aromatic rings. The number of rotatable bonds is 5. The average molecular weight is 349 g/mol. The number of amides is 1. The van der Waals surface area contributed by atoms with Gasteiger partial charge in [0.1, 0.15) is 11.4 Å². The van der Waals surface area contributed by atoms with E-state index in [4.69, 9.17) is 13.6 Å². The summed E-state index contributed by atoms with van der Waals surface area (Å²) in [6.07, 6.45) is 4.58. The molecule has 0 aromatic carbocycles. The van der Waals surface area contributed by atoms with Gasteiger partial charge < -0.3 is 18.5 Å². The molecule has 3 rings (SSSR count). The van der Waals surface area contributed by atoms with E-state index in [9.17, 15) is 9.59 Å². The third-order valence-corrected chi connectivity index (χ3v) is 4.95. The average Bonchev–Trinajstić information content (AvgIpc) is 3.32. The molecule has 0 spiro atoms. The van der Waals surface area contributed by atoms with E-state index < -0.39 is 6.04 Å². The minimum Gasteiger partial charge on any atom is -0.472 e. The Hall–Kier alpha value is -2.15. The summed E-state index contributed by atoms with van der Waals surface area (Å²) in [7, 11) is 0. The minimum absolute atomic E-state index is 0.202. The predicted molar refractivity (Wildman–Crippen MR) is 88.4 cm³/mol. The molecule has 1 saturated heterocycles. The number of furan rings is 2. The maximum absolute atomic E-state index is 12.8. The first-order chi connectivity index (χ1) is 11.6. The van der Waals surface area contributed by atoms with Crippen LogP contribution in [0.2, 0.25) is 0 Å². The molecule has 1 amide bonds. The first kappa shape index (κ1) is 16.7. The number of carbonyl (C=O) groups is 2. The van der Waals surface area contributed by atoms with Crippen LogP contribution in [-0.2, 0) is 9.53 Å². The van der Waals surface area contributed by atoms with Gasteiger partial charge in [-0.3, -0.25) is 4.79 Å². The fraction of sp³-hybridized carbons (Fsp3) is 0.412. The predicted octanol–water partition coefficient (Wildman–Crippen LogP) is 3.33. The Morgan fingerprint density at radius 3 is 2.83 bits per heavy atom. The molecule has 0 saturated carbocycles. The van der Waals surface area contributed by atoms with Gasteiger partial charge in [-0.2, -0.15) is 0 Å². The van der Waals surface area contributed by atoms with Crippen molar-refractivity contribution in [1.82, 2.24) is 4.90 Å². The Bertz CT molecular complexity index is 680. The second-order valence-corrected chi connectivity index (χ2v) is 7.08. The fourth-order valence-corrected chi connectivity index (χ4v) is 3.87. The van der Waals surface area contributed by atoms with Crippen molar-refractivity contribution < 1.29 is 23.2 Å². The smallest absolute Gasteiger partial charge is 0.329 e. The van der Waals surface area contributed by atoms with Gasteiger partial charge >= 0.3 is 5.97 Å². The number of carbonyl (C=O) groups excluding carboxylic acids is 2.